The van der Waals surface area contributed by atoms with Gasteiger partial charge in [0.1, 0.15) is 5.75 Å². The fourth-order valence-corrected chi connectivity index (χ4v) is 3.96. The minimum atomic E-state index is -1.17. The first-order valence-electron chi connectivity index (χ1n) is 9.95. The van der Waals surface area contributed by atoms with Gasteiger partial charge in [-0.3, -0.25) is 9.59 Å². The molecule has 2 aliphatic heterocycles. The van der Waals surface area contributed by atoms with Crippen molar-refractivity contribution in [3.05, 3.63) is 48.0 Å². The van der Waals surface area contributed by atoms with Crippen LogP contribution in [0.3, 0.4) is 0 Å². The van der Waals surface area contributed by atoms with E-state index in [1.54, 1.807) is 4.90 Å². The predicted molar refractivity (Wildman–Crippen MR) is 112 cm³/mol. The maximum Gasteiger partial charge on any atom is 0.335 e. The van der Waals surface area contributed by atoms with Crippen LogP contribution in [0.4, 0.5) is 17.1 Å². The Morgan fingerprint density at radius 3 is 2.30 bits per heavy atom. The predicted octanol–water partition coefficient (Wildman–Crippen LogP) is 2.68. The van der Waals surface area contributed by atoms with E-state index >= 15 is 0 Å². The first-order chi connectivity index (χ1) is 14.4. The van der Waals surface area contributed by atoms with Gasteiger partial charge in [-0.25, -0.2) is 4.79 Å². The van der Waals surface area contributed by atoms with E-state index in [0.717, 1.165) is 30.5 Å². The second kappa shape index (κ2) is 8.06. The molecule has 3 N–H and O–H groups in total. The van der Waals surface area contributed by atoms with E-state index in [2.05, 4.69) is 10.2 Å². The van der Waals surface area contributed by atoms with Crippen molar-refractivity contribution in [2.75, 3.05) is 34.8 Å². The number of carboxylic acids is 1. The molecule has 0 aliphatic carbocycles. The number of hydrogen-bond donors (Lipinski definition) is 3. The van der Waals surface area contributed by atoms with Crippen LogP contribution in [0.15, 0.2) is 42.5 Å². The molecule has 0 spiro atoms. The van der Waals surface area contributed by atoms with Crippen molar-refractivity contribution in [1.29, 1.82) is 0 Å². The number of anilines is 3. The van der Waals surface area contributed by atoms with Gasteiger partial charge in [-0.2, -0.15) is 0 Å². The van der Waals surface area contributed by atoms with Gasteiger partial charge >= 0.3 is 5.97 Å². The highest BCUT2D eigenvalue weighted by Crippen LogP contribution is 2.30. The molecule has 2 aromatic rings. The molecule has 2 amide bonds. The maximum absolute atomic E-state index is 12.6. The van der Waals surface area contributed by atoms with Gasteiger partial charge in [-0.05, 0) is 55.3 Å². The van der Waals surface area contributed by atoms with Gasteiger partial charge in [-0.1, -0.05) is 0 Å². The van der Waals surface area contributed by atoms with E-state index < -0.39 is 17.8 Å². The zero-order valence-corrected chi connectivity index (χ0v) is 16.4. The van der Waals surface area contributed by atoms with Gasteiger partial charge in [0, 0.05) is 37.4 Å². The number of nitrogens with one attached hydrogen (secondary N) is 1. The number of amides is 2. The molecule has 4 rings (SSSR count). The number of nitrogens with zero attached hydrogens (tertiary/aromatic N) is 2. The fourth-order valence-electron chi connectivity index (χ4n) is 3.96. The van der Waals surface area contributed by atoms with Crippen LogP contribution in [0.1, 0.15) is 29.6 Å². The summed E-state index contributed by atoms with van der Waals surface area (Å²) < 4.78 is 0. The summed E-state index contributed by atoms with van der Waals surface area (Å²) in [5.41, 5.74) is 1.93. The molecule has 8 nitrogen and oxygen atoms in total. The zero-order valence-electron chi connectivity index (χ0n) is 16.4. The van der Waals surface area contributed by atoms with Crippen LogP contribution >= 0.6 is 0 Å². The number of rotatable bonds is 5. The average molecular weight is 409 g/mol. The van der Waals surface area contributed by atoms with Gasteiger partial charge in [-0.15, -0.1) is 0 Å². The van der Waals surface area contributed by atoms with Crippen LogP contribution in [-0.4, -0.2) is 47.6 Å². The number of carbonyl (C=O) groups is 3. The quantitative estimate of drug-likeness (QED) is 0.655. The summed E-state index contributed by atoms with van der Waals surface area (Å²) in [6.45, 7) is 2.34. The minimum absolute atomic E-state index is 0.0771. The summed E-state index contributed by atoms with van der Waals surface area (Å²) in [5, 5.41) is 21.5. The van der Waals surface area contributed by atoms with Crippen LogP contribution in [-0.2, 0) is 9.59 Å². The number of hydrogen-bond acceptors (Lipinski definition) is 5. The van der Waals surface area contributed by atoms with Crippen molar-refractivity contribution >= 4 is 34.8 Å². The Morgan fingerprint density at radius 2 is 1.67 bits per heavy atom. The zero-order chi connectivity index (χ0) is 21.3. The summed E-state index contributed by atoms with van der Waals surface area (Å²) in [5.74, 6) is -2.58. The van der Waals surface area contributed by atoms with Crippen LogP contribution < -0.4 is 15.1 Å². The molecule has 1 atom stereocenters. The van der Waals surface area contributed by atoms with Gasteiger partial charge in [0.05, 0.1) is 17.2 Å². The Labute approximate surface area is 173 Å². The molecule has 2 aliphatic rings. The molecule has 0 saturated carbocycles. The highest BCUT2D eigenvalue weighted by atomic mass is 16.4. The number of aromatic hydroxyl groups is 1. The molecule has 0 bridgehead atoms. The van der Waals surface area contributed by atoms with Crippen LogP contribution in [0.5, 0.6) is 5.75 Å². The second-order valence-electron chi connectivity index (χ2n) is 7.64. The number of carboxylic acid groups (broad SMARTS) is 1. The van der Waals surface area contributed by atoms with E-state index in [0.29, 0.717) is 0 Å². The molecular formula is C22H23N3O5. The molecule has 0 aromatic heterocycles. The van der Waals surface area contributed by atoms with Crippen molar-refractivity contribution in [3.8, 4) is 5.75 Å². The lowest BCUT2D eigenvalue weighted by molar-refractivity contribution is -0.122. The topological polar surface area (TPSA) is 110 Å². The minimum Gasteiger partial charge on any atom is -0.506 e. The Morgan fingerprint density at radius 1 is 1.00 bits per heavy atom. The second-order valence-corrected chi connectivity index (χ2v) is 7.64. The Balaban J connectivity index is 1.41. The molecule has 2 heterocycles. The summed E-state index contributed by atoms with van der Waals surface area (Å²) in [4.78, 5) is 40.0. The van der Waals surface area contributed by atoms with E-state index in [4.69, 9.17) is 5.11 Å². The first kappa shape index (κ1) is 19.8. The van der Waals surface area contributed by atoms with E-state index in [1.165, 1.54) is 25.0 Å². The Kier molecular flexibility index (Phi) is 5.31. The third kappa shape index (κ3) is 3.94. The Bertz CT molecular complexity index is 983. The SMILES string of the molecule is O=C(O)c1ccc(NC(=O)C2CC(=O)N(c3ccc(N4CCCC4)cc3)C2)c(O)c1. The molecule has 156 valence electrons. The Hall–Kier alpha value is -3.55. The number of phenols is 1. The van der Waals surface area contributed by atoms with Gasteiger partial charge < -0.3 is 25.3 Å². The molecule has 1 unspecified atom stereocenters. The monoisotopic (exact) mass is 409 g/mol. The lowest BCUT2D eigenvalue weighted by atomic mass is 10.1. The molecule has 2 saturated heterocycles. The van der Waals surface area contributed by atoms with Crippen molar-refractivity contribution < 1.29 is 24.6 Å². The summed E-state index contributed by atoms with van der Waals surface area (Å²) in [6.07, 6.45) is 2.46. The summed E-state index contributed by atoms with van der Waals surface area (Å²) in [7, 11) is 0. The average Bonchev–Trinajstić information content (AvgIpc) is 3.39. The largest absolute Gasteiger partial charge is 0.506 e. The number of carbonyl (C=O) groups excluding carboxylic acids is 2. The van der Waals surface area contributed by atoms with E-state index in [-0.39, 0.29) is 35.9 Å². The highest BCUT2D eigenvalue weighted by molar-refractivity contribution is 6.04. The number of benzene rings is 2. The van der Waals surface area contributed by atoms with E-state index in [9.17, 15) is 19.5 Å². The normalized spacial score (nSPS) is 18.7. The van der Waals surface area contributed by atoms with Crippen LogP contribution in [0.25, 0.3) is 0 Å². The van der Waals surface area contributed by atoms with Crippen molar-refractivity contribution in [1.82, 2.24) is 0 Å². The molecule has 2 aromatic carbocycles. The molecular weight excluding hydrogens is 386 g/mol. The van der Waals surface area contributed by atoms with Crippen molar-refractivity contribution in [2.24, 2.45) is 5.92 Å². The lowest BCUT2D eigenvalue weighted by Gasteiger charge is -2.20. The van der Waals surface area contributed by atoms with Gasteiger partial charge in [0.2, 0.25) is 11.8 Å². The fraction of sp³-hybridized carbons (Fsp3) is 0.318. The maximum atomic E-state index is 12.6. The smallest absolute Gasteiger partial charge is 0.335 e. The summed E-state index contributed by atoms with van der Waals surface area (Å²) in [6, 6.07) is 11.5. The van der Waals surface area contributed by atoms with Crippen LogP contribution in [0.2, 0.25) is 0 Å². The van der Waals surface area contributed by atoms with Gasteiger partial charge in [0.25, 0.3) is 0 Å². The number of aromatic carboxylic acids is 1. The van der Waals surface area contributed by atoms with Gasteiger partial charge in [0.15, 0.2) is 0 Å². The third-order valence-electron chi connectivity index (χ3n) is 5.63. The summed E-state index contributed by atoms with van der Waals surface area (Å²) >= 11 is 0. The molecule has 0 radical (unpaired) electrons. The lowest BCUT2D eigenvalue weighted by Crippen LogP contribution is -2.28. The number of phenolic OH excluding ortho intramolecular Hbond substituents is 1. The molecule has 8 heteroatoms. The van der Waals surface area contributed by atoms with E-state index in [1.807, 2.05) is 24.3 Å². The molecule has 2 fully saturated rings. The van der Waals surface area contributed by atoms with Crippen molar-refractivity contribution in [2.45, 2.75) is 19.3 Å². The first-order valence-corrected chi connectivity index (χ1v) is 9.95. The molecule has 30 heavy (non-hydrogen) atoms. The van der Waals surface area contributed by atoms with Crippen LogP contribution in [0, 0.1) is 5.92 Å². The third-order valence-corrected chi connectivity index (χ3v) is 5.63. The van der Waals surface area contributed by atoms with Crippen molar-refractivity contribution in [3.63, 3.8) is 0 Å². The highest BCUT2D eigenvalue weighted by Gasteiger charge is 2.35. The standard InChI is InChI=1S/C22H23N3O5/c26-19-11-14(22(29)30)3-8-18(19)23-21(28)15-12-20(27)25(13-15)17-6-4-16(5-7-17)24-9-1-2-10-24/h3-8,11,15,26H,1-2,9-10,12-13H2,(H,23,28)(H,29,30).